The Morgan fingerprint density at radius 2 is 2.56 bits per heavy atom. The first-order valence-electron chi connectivity index (χ1n) is 3.31. The lowest BCUT2D eigenvalue weighted by molar-refractivity contribution is 0.240. The quantitative estimate of drug-likeness (QED) is 0.561. The van der Waals surface area contributed by atoms with Crippen LogP contribution in [-0.2, 0) is 0 Å². The van der Waals surface area contributed by atoms with E-state index in [2.05, 4.69) is 12.7 Å². The van der Waals surface area contributed by atoms with Crippen molar-refractivity contribution in [2.24, 2.45) is 5.92 Å². The molecule has 1 atom stereocenters. The summed E-state index contributed by atoms with van der Waals surface area (Å²) in [6, 6.07) is 0. The molecule has 9 heavy (non-hydrogen) atoms. The highest BCUT2D eigenvalue weighted by Gasteiger charge is 2.10. The molecule has 0 spiro atoms. The van der Waals surface area contributed by atoms with Crippen molar-refractivity contribution in [2.45, 2.75) is 12.8 Å². The Balaban J connectivity index is 2.55. The average molecular weight is 124 g/mol. The van der Waals surface area contributed by atoms with Crippen molar-refractivity contribution in [1.29, 1.82) is 0 Å². The summed E-state index contributed by atoms with van der Waals surface area (Å²) < 4.78 is 0. The van der Waals surface area contributed by atoms with E-state index in [4.69, 9.17) is 5.11 Å². The average Bonchev–Trinajstić information content (AvgIpc) is 1.89. The summed E-state index contributed by atoms with van der Waals surface area (Å²) in [6.07, 6.45) is 6.26. The highest BCUT2D eigenvalue weighted by molar-refractivity contribution is 5.20. The molecule has 0 heterocycles. The van der Waals surface area contributed by atoms with Crippen LogP contribution in [0.1, 0.15) is 12.8 Å². The Morgan fingerprint density at radius 1 is 1.78 bits per heavy atom. The van der Waals surface area contributed by atoms with Crippen LogP contribution in [0.25, 0.3) is 0 Å². The molecule has 0 saturated carbocycles. The molecule has 0 bridgehead atoms. The number of aliphatic hydroxyl groups excluding tert-OH is 1. The Labute approximate surface area is 55.7 Å². The van der Waals surface area contributed by atoms with Gasteiger partial charge in [-0.3, -0.25) is 0 Å². The maximum Gasteiger partial charge on any atom is 0.0499 e. The second-order valence-electron chi connectivity index (χ2n) is 2.43. The lowest BCUT2D eigenvalue weighted by Crippen LogP contribution is -2.09. The molecule has 0 aromatic rings. The number of hydrogen-bond donors (Lipinski definition) is 1. The number of aliphatic hydroxyl groups is 1. The van der Waals surface area contributed by atoms with Gasteiger partial charge in [-0.2, -0.15) is 0 Å². The third-order valence-corrected chi connectivity index (χ3v) is 1.76. The molecule has 1 rings (SSSR count). The fourth-order valence-electron chi connectivity index (χ4n) is 1.06. The molecule has 0 aromatic heterocycles. The lowest BCUT2D eigenvalue weighted by atomic mass is 9.91. The summed E-state index contributed by atoms with van der Waals surface area (Å²) >= 11 is 0. The largest absolute Gasteiger partial charge is 0.396 e. The molecule has 1 nitrogen and oxygen atoms in total. The van der Waals surface area contributed by atoms with Crippen molar-refractivity contribution in [3.8, 4) is 0 Å². The Kier molecular flexibility index (Phi) is 2.06. The normalized spacial score (nSPS) is 26.8. The third kappa shape index (κ3) is 1.42. The van der Waals surface area contributed by atoms with E-state index in [9.17, 15) is 0 Å². The van der Waals surface area contributed by atoms with Crippen molar-refractivity contribution < 1.29 is 5.11 Å². The summed E-state index contributed by atoms with van der Waals surface area (Å²) in [6.45, 7) is 4.07. The monoisotopic (exact) mass is 124 g/mol. The fourth-order valence-corrected chi connectivity index (χ4v) is 1.06. The minimum atomic E-state index is 0.253. The summed E-state index contributed by atoms with van der Waals surface area (Å²) in [5.74, 6) is 0.329. The van der Waals surface area contributed by atoms with E-state index in [1.165, 1.54) is 0 Å². The van der Waals surface area contributed by atoms with Crippen LogP contribution >= 0.6 is 0 Å². The first-order chi connectivity index (χ1) is 4.34. The molecule has 0 amide bonds. The van der Waals surface area contributed by atoms with Gasteiger partial charge >= 0.3 is 0 Å². The van der Waals surface area contributed by atoms with Crippen molar-refractivity contribution in [3.63, 3.8) is 0 Å². The smallest absolute Gasteiger partial charge is 0.0499 e. The van der Waals surface area contributed by atoms with Gasteiger partial charge in [0.05, 0.1) is 0 Å². The van der Waals surface area contributed by atoms with Crippen molar-refractivity contribution >= 4 is 0 Å². The molecular formula is C8H12O. The molecular weight excluding hydrogens is 112 g/mol. The van der Waals surface area contributed by atoms with E-state index in [0.29, 0.717) is 5.92 Å². The molecule has 1 aliphatic rings. The second-order valence-corrected chi connectivity index (χ2v) is 2.43. The summed E-state index contributed by atoms with van der Waals surface area (Å²) in [5, 5.41) is 8.77. The highest BCUT2D eigenvalue weighted by Crippen LogP contribution is 2.21. The van der Waals surface area contributed by atoms with E-state index in [0.717, 1.165) is 18.4 Å². The highest BCUT2D eigenvalue weighted by atomic mass is 16.3. The summed E-state index contributed by atoms with van der Waals surface area (Å²) in [7, 11) is 0. The van der Waals surface area contributed by atoms with Gasteiger partial charge in [-0.1, -0.05) is 24.3 Å². The van der Waals surface area contributed by atoms with Crippen LogP contribution in [0.3, 0.4) is 0 Å². The van der Waals surface area contributed by atoms with Crippen LogP contribution in [0.15, 0.2) is 24.3 Å². The van der Waals surface area contributed by atoms with Crippen LogP contribution in [-0.4, -0.2) is 11.7 Å². The van der Waals surface area contributed by atoms with Gasteiger partial charge in [0.2, 0.25) is 0 Å². The zero-order valence-corrected chi connectivity index (χ0v) is 5.51. The van der Waals surface area contributed by atoms with Gasteiger partial charge in [0.25, 0.3) is 0 Å². The van der Waals surface area contributed by atoms with Crippen molar-refractivity contribution in [2.75, 3.05) is 6.61 Å². The third-order valence-electron chi connectivity index (χ3n) is 1.76. The molecule has 0 saturated heterocycles. The molecule has 1 unspecified atom stereocenters. The molecule has 0 aromatic carbocycles. The SMILES string of the molecule is C=C1C=CCCC1CO. The molecule has 0 fully saturated rings. The molecule has 0 aliphatic heterocycles. The maximum absolute atomic E-state index is 8.77. The van der Waals surface area contributed by atoms with Crippen LogP contribution < -0.4 is 0 Å². The van der Waals surface area contributed by atoms with Gasteiger partial charge in [0.1, 0.15) is 0 Å². The molecule has 1 aliphatic carbocycles. The zero-order valence-electron chi connectivity index (χ0n) is 5.51. The zero-order chi connectivity index (χ0) is 6.69. The standard InChI is InChI=1S/C8H12O/c1-7-4-2-3-5-8(7)6-9/h2,4,8-9H,1,3,5-6H2. The molecule has 1 heteroatoms. The number of hydrogen-bond acceptors (Lipinski definition) is 1. The van der Waals surface area contributed by atoms with Gasteiger partial charge in [-0.15, -0.1) is 0 Å². The van der Waals surface area contributed by atoms with Gasteiger partial charge in [0.15, 0.2) is 0 Å². The van der Waals surface area contributed by atoms with Crippen LogP contribution in [0.2, 0.25) is 0 Å². The molecule has 50 valence electrons. The lowest BCUT2D eigenvalue weighted by Gasteiger charge is -2.16. The topological polar surface area (TPSA) is 20.2 Å². The maximum atomic E-state index is 8.77. The van der Waals surface area contributed by atoms with Crippen molar-refractivity contribution in [1.82, 2.24) is 0 Å². The Hall–Kier alpha value is -0.560. The molecule has 1 N–H and O–H groups in total. The van der Waals surface area contributed by atoms with E-state index in [-0.39, 0.29) is 6.61 Å². The minimum absolute atomic E-state index is 0.253. The van der Waals surface area contributed by atoms with E-state index >= 15 is 0 Å². The predicted molar refractivity (Wildman–Crippen MR) is 38.1 cm³/mol. The summed E-state index contributed by atoms with van der Waals surface area (Å²) in [5.41, 5.74) is 1.07. The first kappa shape index (κ1) is 6.56. The van der Waals surface area contributed by atoms with Crippen molar-refractivity contribution in [3.05, 3.63) is 24.3 Å². The van der Waals surface area contributed by atoms with E-state index in [1.54, 1.807) is 0 Å². The van der Waals surface area contributed by atoms with E-state index in [1.807, 2.05) is 6.08 Å². The van der Waals surface area contributed by atoms with Gasteiger partial charge in [0, 0.05) is 12.5 Å². The Bertz CT molecular complexity index is 136. The summed E-state index contributed by atoms with van der Waals surface area (Å²) in [4.78, 5) is 0. The molecule has 0 radical (unpaired) electrons. The minimum Gasteiger partial charge on any atom is -0.396 e. The second kappa shape index (κ2) is 2.83. The number of allylic oxidation sites excluding steroid dienone is 2. The van der Waals surface area contributed by atoms with Gasteiger partial charge in [-0.05, 0) is 12.8 Å². The van der Waals surface area contributed by atoms with Gasteiger partial charge < -0.3 is 5.11 Å². The van der Waals surface area contributed by atoms with Crippen LogP contribution in [0, 0.1) is 5.92 Å². The fraction of sp³-hybridized carbons (Fsp3) is 0.500. The Morgan fingerprint density at radius 3 is 3.00 bits per heavy atom. The van der Waals surface area contributed by atoms with E-state index < -0.39 is 0 Å². The predicted octanol–water partition coefficient (Wildman–Crippen LogP) is 1.50. The van der Waals surface area contributed by atoms with Gasteiger partial charge in [-0.25, -0.2) is 0 Å². The number of rotatable bonds is 1. The van der Waals surface area contributed by atoms with Crippen LogP contribution in [0.5, 0.6) is 0 Å². The first-order valence-corrected chi connectivity index (χ1v) is 3.31. The van der Waals surface area contributed by atoms with Crippen LogP contribution in [0.4, 0.5) is 0 Å².